The van der Waals surface area contributed by atoms with E-state index in [2.05, 4.69) is 31.0 Å². The van der Waals surface area contributed by atoms with Crippen LogP contribution in [0, 0.1) is 11.3 Å². The second kappa shape index (κ2) is 6.78. The van der Waals surface area contributed by atoms with Gasteiger partial charge in [-0.15, -0.1) is 0 Å². The highest BCUT2D eigenvalue weighted by molar-refractivity contribution is 9.10. The highest BCUT2D eigenvalue weighted by Crippen LogP contribution is 2.71. The van der Waals surface area contributed by atoms with E-state index in [-0.39, 0.29) is 12.5 Å². The van der Waals surface area contributed by atoms with Crippen LogP contribution in [0.15, 0.2) is 47.2 Å². The van der Waals surface area contributed by atoms with Crippen LogP contribution in [0.2, 0.25) is 0 Å². The quantitative estimate of drug-likeness (QED) is 0.327. The fourth-order valence-corrected chi connectivity index (χ4v) is 6.00. The number of anilines is 2. The van der Waals surface area contributed by atoms with Crippen molar-refractivity contribution in [1.82, 2.24) is 19.6 Å². The number of pyridine rings is 1. The molecule has 10 heteroatoms. The summed E-state index contributed by atoms with van der Waals surface area (Å²) >= 11 is 3.39. The molecule has 2 saturated carbocycles. The molecular formula is C23H23BrN6O3. The standard InChI is InChI=1S/C23H23BrN6O3/c1-22(9-33-12-3-2-11-6-13(24)20(25)29-14(11)7-12)16-8-23(16,19(32)18(22)31)17-5-4-15-21(26)27-10-28-30(15)17/h2-7,10,16,18-19,31-32H,8-9H2,1H3,(H2,25,29)(H2,26,27,28)/t16-,18-,19+,22-,23?/m0/s1. The summed E-state index contributed by atoms with van der Waals surface area (Å²) in [6.07, 6.45) is 0.233. The van der Waals surface area contributed by atoms with Gasteiger partial charge in [0.25, 0.3) is 0 Å². The molecule has 170 valence electrons. The predicted molar refractivity (Wildman–Crippen MR) is 127 cm³/mol. The molecule has 3 heterocycles. The number of ether oxygens (including phenoxy) is 1. The Bertz CT molecular complexity index is 1430. The van der Waals surface area contributed by atoms with Gasteiger partial charge in [-0.1, -0.05) is 6.92 Å². The lowest BCUT2D eigenvalue weighted by atomic mass is 9.83. The molecule has 4 aromatic rings. The summed E-state index contributed by atoms with van der Waals surface area (Å²) in [5.74, 6) is 1.44. The maximum Gasteiger partial charge on any atom is 0.151 e. The monoisotopic (exact) mass is 510 g/mol. The molecule has 0 saturated heterocycles. The van der Waals surface area contributed by atoms with Crippen molar-refractivity contribution in [2.24, 2.45) is 11.3 Å². The first-order chi connectivity index (χ1) is 15.8. The average molecular weight is 511 g/mol. The van der Waals surface area contributed by atoms with Crippen molar-refractivity contribution in [3.63, 3.8) is 0 Å². The zero-order valence-corrected chi connectivity index (χ0v) is 19.4. The second-order valence-electron chi connectivity index (χ2n) is 9.35. The topological polar surface area (TPSA) is 145 Å². The summed E-state index contributed by atoms with van der Waals surface area (Å²) in [4.78, 5) is 8.44. The molecule has 0 aliphatic heterocycles. The molecule has 0 amide bonds. The van der Waals surface area contributed by atoms with Gasteiger partial charge >= 0.3 is 0 Å². The summed E-state index contributed by atoms with van der Waals surface area (Å²) in [5, 5.41) is 27.5. The van der Waals surface area contributed by atoms with Gasteiger partial charge in [0.1, 0.15) is 23.4 Å². The van der Waals surface area contributed by atoms with Gasteiger partial charge in [0.05, 0.1) is 34.5 Å². The third kappa shape index (κ3) is 2.74. The van der Waals surface area contributed by atoms with Crippen molar-refractivity contribution < 1.29 is 14.9 Å². The molecule has 1 aromatic carbocycles. The number of benzene rings is 1. The first kappa shape index (κ1) is 20.6. The summed E-state index contributed by atoms with van der Waals surface area (Å²) in [7, 11) is 0. The Morgan fingerprint density at radius 2 is 1.97 bits per heavy atom. The lowest BCUT2D eigenvalue weighted by molar-refractivity contribution is -0.0569. The van der Waals surface area contributed by atoms with Crippen molar-refractivity contribution in [3.05, 3.63) is 52.9 Å². The maximum atomic E-state index is 11.2. The van der Waals surface area contributed by atoms with E-state index < -0.39 is 23.0 Å². The van der Waals surface area contributed by atoms with Crippen LogP contribution in [-0.4, -0.2) is 48.6 Å². The van der Waals surface area contributed by atoms with Crippen molar-refractivity contribution in [2.75, 3.05) is 18.1 Å². The Morgan fingerprint density at radius 3 is 2.79 bits per heavy atom. The summed E-state index contributed by atoms with van der Waals surface area (Å²) in [6, 6.07) is 11.3. The van der Waals surface area contributed by atoms with Crippen LogP contribution in [0.5, 0.6) is 5.75 Å². The average Bonchev–Trinajstić information content (AvgIpc) is 3.36. The van der Waals surface area contributed by atoms with Gasteiger partial charge in [-0.25, -0.2) is 14.5 Å². The normalized spacial score (nSPS) is 30.6. The number of hydrogen-bond donors (Lipinski definition) is 4. The summed E-state index contributed by atoms with van der Waals surface area (Å²) in [5.41, 5.74) is 12.9. The largest absolute Gasteiger partial charge is 0.493 e. The molecule has 0 spiro atoms. The van der Waals surface area contributed by atoms with Gasteiger partial charge in [0.15, 0.2) is 5.82 Å². The molecule has 6 rings (SSSR count). The minimum atomic E-state index is -0.953. The molecule has 3 aromatic heterocycles. The molecule has 9 nitrogen and oxygen atoms in total. The SMILES string of the molecule is C[C@]1(COc2ccc3cc(Br)c(N)nc3c2)[C@@H]2CC2(c2ccc3c(N)ncnn23)[C@H](O)[C@@H]1O. The third-order valence-corrected chi connectivity index (χ3v) is 8.22. The lowest BCUT2D eigenvalue weighted by Crippen LogP contribution is -2.43. The summed E-state index contributed by atoms with van der Waals surface area (Å²) in [6.45, 7) is 2.21. The van der Waals surface area contributed by atoms with E-state index >= 15 is 0 Å². The predicted octanol–water partition coefficient (Wildman–Crippen LogP) is 2.28. The molecule has 1 unspecified atom stereocenters. The fraction of sp³-hybridized carbons (Fsp3) is 0.348. The minimum Gasteiger partial charge on any atom is -0.493 e. The number of aliphatic hydroxyl groups is 2. The van der Waals surface area contributed by atoms with Gasteiger partial charge in [-0.2, -0.15) is 5.10 Å². The van der Waals surface area contributed by atoms with E-state index in [4.69, 9.17) is 16.2 Å². The van der Waals surface area contributed by atoms with Gasteiger partial charge < -0.3 is 26.4 Å². The highest BCUT2D eigenvalue weighted by Gasteiger charge is 2.77. The maximum absolute atomic E-state index is 11.2. The second-order valence-corrected chi connectivity index (χ2v) is 10.2. The van der Waals surface area contributed by atoms with Crippen molar-refractivity contribution >= 4 is 44.0 Å². The van der Waals surface area contributed by atoms with Crippen LogP contribution in [0.4, 0.5) is 11.6 Å². The lowest BCUT2D eigenvalue weighted by Gasteiger charge is -2.32. The number of halogens is 1. The van der Waals surface area contributed by atoms with E-state index in [1.54, 1.807) is 4.52 Å². The molecule has 0 radical (unpaired) electrons. The highest BCUT2D eigenvalue weighted by atomic mass is 79.9. The number of rotatable bonds is 4. The number of aliphatic hydroxyl groups excluding tert-OH is 2. The van der Waals surface area contributed by atoms with Crippen LogP contribution >= 0.6 is 15.9 Å². The van der Waals surface area contributed by atoms with Crippen LogP contribution in [0.1, 0.15) is 19.0 Å². The zero-order valence-electron chi connectivity index (χ0n) is 17.8. The van der Waals surface area contributed by atoms with Crippen LogP contribution in [-0.2, 0) is 5.41 Å². The van der Waals surface area contributed by atoms with Crippen LogP contribution in [0.3, 0.4) is 0 Å². The Balaban J connectivity index is 1.30. The van der Waals surface area contributed by atoms with Gasteiger partial charge in [-0.3, -0.25) is 0 Å². The Kier molecular flexibility index (Phi) is 4.24. The molecular weight excluding hydrogens is 488 g/mol. The Hall–Kier alpha value is -2.95. The minimum absolute atomic E-state index is 0.0227. The number of aromatic nitrogens is 4. The van der Waals surface area contributed by atoms with E-state index in [9.17, 15) is 10.2 Å². The molecule has 2 aliphatic carbocycles. The number of nitrogen functional groups attached to an aromatic ring is 2. The van der Waals surface area contributed by atoms with Gasteiger partial charge in [-0.05, 0) is 58.6 Å². The first-order valence-electron chi connectivity index (χ1n) is 10.7. The number of nitrogens with zero attached hydrogens (tertiary/aromatic N) is 4. The van der Waals surface area contributed by atoms with E-state index in [0.29, 0.717) is 22.9 Å². The van der Waals surface area contributed by atoms with E-state index in [1.807, 2.05) is 43.3 Å². The fourth-order valence-electron chi connectivity index (χ4n) is 5.67. The number of hydrogen-bond acceptors (Lipinski definition) is 8. The zero-order chi connectivity index (χ0) is 23.1. The number of fused-ring (bicyclic) bond motifs is 3. The van der Waals surface area contributed by atoms with Gasteiger partial charge in [0, 0.05) is 22.3 Å². The van der Waals surface area contributed by atoms with E-state index in [1.165, 1.54) is 6.33 Å². The Morgan fingerprint density at radius 1 is 1.15 bits per heavy atom. The van der Waals surface area contributed by atoms with Crippen molar-refractivity contribution in [1.29, 1.82) is 0 Å². The summed E-state index contributed by atoms with van der Waals surface area (Å²) < 4.78 is 8.61. The van der Waals surface area contributed by atoms with Crippen LogP contribution < -0.4 is 16.2 Å². The smallest absolute Gasteiger partial charge is 0.151 e. The molecule has 2 fully saturated rings. The molecule has 5 atom stereocenters. The Labute approximate surface area is 197 Å². The molecule has 33 heavy (non-hydrogen) atoms. The molecule has 6 N–H and O–H groups in total. The third-order valence-electron chi connectivity index (χ3n) is 7.58. The molecule has 2 aliphatic rings. The van der Waals surface area contributed by atoms with Crippen molar-refractivity contribution in [3.8, 4) is 5.75 Å². The molecule has 0 bridgehead atoms. The van der Waals surface area contributed by atoms with Gasteiger partial charge in [0.2, 0.25) is 0 Å². The number of nitrogens with two attached hydrogens (primary N) is 2. The first-order valence-corrected chi connectivity index (χ1v) is 11.5. The van der Waals surface area contributed by atoms with Crippen molar-refractivity contribution in [2.45, 2.75) is 31.0 Å². The van der Waals surface area contributed by atoms with E-state index in [0.717, 1.165) is 27.5 Å². The van der Waals surface area contributed by atoms with Crippen LogP contribution in [0.25, 0.3) is 16.4 Å².